The fourth-order valence-electron chi connectivity index (χ4n) is 0.442. The maximum absolute atomic E-state index is 12.1. The van der Waals surface area contributed by atoms with Crippen LogP contribution >= 0.6 is 0 Å². The van der Waals surface area contributed by atoms with Crippen molar-refractivity contribution in [1.29, 1.82) is 0 Å². The van der Waals surface area contributed by atoms with Crippen molar-refractivity contribution >= 4 is 5.78 Å². The van der Waals surface area contributed by atoms with Gasteiger partial charge in [-0.15, -0.1) is 0 Å². The number of ketones is 1. The molecular formula is C6H2F8O2. The third-order valence-corrected chi connectivity index (χ3v) is 1.22. The molecule has 0 unspecified atom stereocenters. The van der Waals surface area contributed by atoms with Gasteiger partial charge < -0.3 is 5.11 Å². The van der Waals surface area contributed by atoms with Crippen molar-refractivity contribution in [3.63, 3.8) is 0 Å². The molecule has 10 heteroatoms. The summed E-state index contributed by atoms with van der Waals surface area (Å²) in [6.45, 7) is 0. The molecule has 0 aromatic rings. The Morgan fingerprint density at radius 2 is 1.31 bits per heavy atom. The van der Waals surface area contributed by atoms with Crippen LogP contribution in [-0.2, 0) is 4.79 Å². The number of carbonyl (C=O) groups excluding carboxylic acids is 1. The van der Waals surface area contributed by atoms with Gasteiger partial charge in [-0.1, -0.05) is 0 Å². The first-order chi connectivity index (χ1) is 6.80. The number of rotatable bonds is 2. The standard InChI is InChI=1S/C6H2F8O2/c7-4(8,6(12,13)14)2(15)1-3(16)5(9,10)11/h1,15H/b2-1-. The molecule has 0 atom stereocenters. The summed E-state index contributed by atoms with van der Waals surface area (Å²) in [6, 6.07) is 0. The molecule has 16 heavy (non-hydrogen) atoms. The predicted molar refractivity (Wildman–Crippen MR) is 32.8 cm³/mol. The fourth-order valence-corrected chi connectivity index (χ4v) is 0.442. The summed E-state index contributed by atoms with van der Waals surface area (Å²) >= 11 is 0. The van der Waals surface area contributed by atoms with Crippen LogP contribution in [0.15, 0.2) is 11.8 Å². The van der Waals surface area contributed by atoms with E-state index in [-0.39, 0.29) is 0 Å². The van der Waals surface area contributed by atoms with Crippen molar-refractivity contribution in [3.8, 4) is 0 Å². The summed E-state index contributed by atoms with van der Waals surface area (Å²) in [7, 11) is 0. The van der Waals surface area contributed by atoms with Crippen molar-refractivity contribution in [1.82, 2.24) is 0 Å². The van der Waals surface area contributed by atoms with Gasteiger partial charge in [0.2, 0.25) is 0 Å². The van der Waals surface area contributed by atoms with Gasteiger partial charge in [0.05, 0.1) is 0 Å². The Morgan fingerprint density at radius 3 is 1.56 bits per heavy atom. The third-order valence-electron chi connectivity index (χ3n) is 1.22. The van der Waals surface area contributed by atoms with Crippen molar-refractivity contribution < 1.29 is 45.0 Å². The van der Waals surface area contributed by atoms with E-state index in [1.54, 1.807) is 0 Å². The van der Waals surface area contributed by atoms with Crippen LogP contribution in [0, 0.1) is 0 Å². The average Bonchev–Trinajstić information content (AvgIpc) is 1.99. The van der Waals surface area contributed by atoms with Crippen LogP contribution in [0.5, 0.6) is 0 Å². The number of aliphatic hydroxyl groups is 1. The van der Waals surface area contributed by atoms with Crippen LogP contribution < -0.4 is 0 Å². The summed E-state index contributed by atoms with van der Waals surface area (Å²) in [5.74, 6) is -11.9. The number of halogens is 8. The minimum atomic E-state index is -6.29. The minimum absolute atomic E-state index is 1.21. The molecule has 0 aromatic carbocycles. The summed E-state index contributed by atoms with van der Waals surface area (Å²) in [5.41, 5.74) is 0. The van der Waals surface area contributed by atoms with Gasteiger partial charge in [-0.2, -0.15) is 35.1 Å². The highest BCUT2D eigenvalue weighted by Crippen LogP contribution is 2.40. The maximum atomic E-state index is 12.1. The van der Waals surface area contributed by atoms with Crippen molar-refractivity contribution in [3.05, 3.63) is 11.8 Å². The van der Waals surface area contributed by atoms with Gasteiger partial charge in [0.1, 0.15) is 0 Å². The molecule has 0 aromatic heterocycles. The second-order valence-electron chi connectivity index (χ2n) is 2.46. The molecule has 0 aliphatic heterocycles. The van der Waals surface area contributed by atoms with Gasteiger partial charge in [0, 0.05) is 6.08 Å². The van der Waals surface area contributed by atoms with Crippen LogP contribution in [0.1, 0.15) is 0 Å². The molecule has 1 N–H and O–H groups in total. The Bertz CT molecular complexity index is 309. The minimum Gasteiger partial charge on any atom is -0.506 e. The maximum Gasteiger partial charge on any atom is 0.461 e. The number of aliphatic hydroxyl groups excluding tert-OH is 1. The zero-order valence-corrected chi connectivity index (χ0v) is 6.96. The lowest BCUT2D eigenvalue weighted by atomic mass is 10.2. The number of hydrogen-bond donors (Lipinski definition) is 1. The smallest absolute Gasteiger partial charge is 0.461 e. The average molecular weight is 258 g/mol. The molecule has 0 fully saturated rings. The molecule has 0 saturated carbocycles. The monoisotopic (exact) mass is 258 g/mol. The molecule has 0 heterocycles. The van der Waals surface area contributed by atoms with Crippen molar-refractivity contribution in [2.75, 3.05) is 0 Å². The zero-order valence-electron chi connectivity index (χ0n) is 6.96. The number of alkyl halides is 8. The lowest BCUT2D eigenvalue weighted by Gasteiger charge is -2.18. The lowest BCUT2D eigenvalue weighted by Crippen LogP contribution is -2.39. The molecule has 2 nitrogen and oxygen atoms in total. The van der Waals surface area contributed by atoms with E-state index in [0.29, 0.717) is 0 Å². The predicted octanol–water partition coefficient (Wildman–Crippen LogP) is 2.76. The molecule has 0 spiro atoms. The van der Waals surface area contributed by atoms with E-state index < -0.39 is 35.9 Å². The molecular weight excluding hydrogens is 256 g/mol. The first-order valence-corrected chi connectivity index (χ1v) is 3.27. The second kappa shape index (κ2) is 3.91. The topological polar surface area (TPSA) is 37.3 Å². The van der Waals surface area contributed by atoms with Gasteiger partial charge in [-0.3, -0.25) is 4.79 Å². The Balaban J connectivity index is 5.16. The van der Waals surface area contributed by atoms with Crippen molar-refractivity contribution in [2.45, 2.75) is 18.3 Å². The fraction of sp³-hybridized carbons (Fsp3) is 0.500. The van der Waals surface area contributed by atoms with E-state index in [2.05, 4.69) is 0 Å². The largest absolute Gasteiger partial charge is 0.506 e. The van der Waals surface area contributed by atoms with Gasteiger partial charge in [0.15, 0.2) is 5.76 Å². The third kappa shape index (κ3) is 3.07. The molecule has 0 aliphatic carbocycles. The molecule has 0 amide bonds. The number of hydrogen-bond acceptors (Lipinski definition) is 2. The molecule has 0 bridgehead atoms. The van der Waals surface area contributed by atoms with Gasteiger partial charge in [-0.25, -0.2) is 0 Å². The molecule has 94 valence electrons. The summed E-state index contributed by atoms with van der Waals surface area (Å²) < 4.78 is 93.1. The quantitative estimate of drug-likeness (QED) is 0.469. The Kier molecular flexibility index (Phi) is 3.58. The molecule has 0 radical (unpaired) electrons. The Hall–Kier alpha value is -1.35. The highest BCUT2D eigenvalue weighted by Gasteiger charge is 2.61. The van der Waals surface area contributed by atoms with Crippen LogP contribution in [0.25, 0.3) is 0 Å². The van der Waals surface area contributed by atoms with Gasteiger partial charge in [-0.05, 0) is 0 Å². The molecule has 0 rings (SSSR count). The van der Waals surface area contributed by atoms with E-state index in [4.69, 9.17) is 5.11 Å². The van der Waals surface area contributed by atoms with E-state index in [1.807, 2.05) is 0 Å². The number of allylic oxidation sites excluding steroid dienone is 2. The molecule has 0 aliphatic rings. The highest BCUT2D eigenvalue weighted by molar-refractivity contribution is 5.94. The summed E-state index contributed by atoms with van der Waals surface area (Å²) in [5, 5.41) is 8.12. The first kappa shape index (κ1) is 14.7. The van der Waals surface area contributed by atoms with E-state index >= 15 is 0 Å². The molecule has 0 saturated heterocycles. The van der Waals surface area contributed by atoms with Crippen LogP contribution in [0.4, 0.5) is 35.1 Å². The SMILES string of the molecule is O=C(/C=C(\O)C(F)(F)C(F)(F)F)C(F)(F)F. The Labute approximate surface area is 82.2 Å². The normalized spacial score (nSPS) is 15.1. The van der Waals surface area contributed by atoms with Gasteiger partial charge >= 0.3 is 18.3 Å². The second-order valence-corrected chi connectivity index (χ2v) is 2.46. The summed E-state index contributed by atoms with van der Waals surface area (Å²) in [6.07, 6.45) is -13.2. The number of carbonyl (C=O) groups is 1. The van der Waals surface area contributed by atoms with E-state index in [9.17, 15) is 39.9 Å². The zero-order chi connectivity index (χ0) is 13.4. The summed E-state index contributed by atoms with van der Waals surface area (Å²) in [4.78, 5) is 9.99. The Morgan fingerprint density at radius 1 is 0.938 bits per heavy atom. The lowest BCUT2D eigenvalue weighted by molar-refractivity contribution is -0.274. The van der Waals surface area contributed by atoms with E-state index in [0.717, 1.165) is 0 Å². The van der Waals surface area contributed by atoms with Crippen LogP contribution in [0.3, 0.4) is 0 Å². The van der Waals surface area contributed by atoms with Crippen LogP contribution in [-0.4, -0.2) is 29.2 Å². The first-order valence-electron chi connectivity index (χ1n) is 3.27. The highest BCUT2D eigenvalue weighted by atomic mass is 19.4. The van der Waals surface area contributed by atoms with Gasteiger partial charge in [0.25, 0.3) is 5.78 Å². The van der Waals surface area contributed by atoms with Crippen LogP contribution in [0.2, 0.25) is 0 Å². The van der Waals surface area contributed by atoms with Crippen molar-refractivity contribution in [2.24, 2.45) is 0 Å². The van der Waals surface area contributed by atoms with E-state index in [1.165, 1.54) is 0 Å².